The Labute approximate surface area is 169 Å². The van der Waals surface area contributed by atoms with Crippen LogP contribution in [-0.4, -0.2) is 68.5 Å². The predicted molar refractivity (Wildman–Crippen MR) is 106 cm³/mol. The SMILES string of the molecule is Cc1ccc(CC(=O)N2CCN(CC3(C)Cn4cc([N+](=O)[O-])nc4O3)CC2)cc1. The van der Waals surface area contributed by atoms with Crippen LogP contribution in [0.2, 0.25) is 0 Å². The number of rotatable bonds is 5. The van der Waals surface area contributed by atoms with E-state index in [-0.39, 0.29) is 11.7 Å². The quantitative estimate of drug-likeness (QED) is 0.560. The van der Waals surface area contributed by atoms with Crippen LogP contribution >= 0.6 is 0 Å². The van der Waals surface area contributed by atoms with Gasteiger partial charge >= 0.3 is 11.8 Å². The first-order valence-electron chi connectivity index (χ1n) is 9.78. The standard InChI is InChI=1S/C20H25N5O4/c1-15-3-5-16(6-4-15)11-18(26)23-9-7-22(8-10-23)13-20(2)14-24-12-17(25(27)28)21-19(24)29-20/h3-6,12H,7-11,13-14H2,1-2H3. The molecule has 0 saturated carbocycles. The molecule has 1 saturated heterocycles. The summed E-state index contributed by atoms with van der Waals surface area (Å²) < 4.78 is 7.61. The van der Waals surface area contributed by atoms with Crippen LogP contribution in [0, 0.1) is 17.0 Å². The molecule has 1 fully saturated rings. The highest BCUT2D eigenvalue weighted by Gasteiger charge is 2.41. The lowest BCUT2D eigenvalue weighted by Crippen LogP contribution is -2.54. The van der Waals surface area contributed by atoms with Gasteiger partial charge in [0.1, 0.15) is 11.8 Å². The van der Waals surface area contributed by atoms with Gasteiger partial charge in [0.2, 0.25) is 5.91 Å². The maximum atomic E-state index is 12.6. The minimum absolute atomic E-state index is 0.157. The molecular formula is C20H25N5O4. The molecule has 9 nitrogen and oxygen atoms in total. The lowest BCUT2D eigenvalue weighted by atomic mass is 10.1. The van der Waals surface area contributed by atoms with Gasteiger partial charge in [-0.1, -0.05) is 29.8 Å². The van der Waals surface area contributed by atoms with Gasteiger partial charge < -0.3 is 19.8 Å². The molecule has 1 aromatic heterocycles. The molecule has 0 radical (unpaired) electrons. The number of aryl methyl sites for hydroxylation is 1. The molecule has 2 aliphatic heterocycles. The summed E-state index contributed by atoms with van der Waals surface area (Å²) in [5.74, 6) is -0.0352. The Morgan fingerprint density at radius 1 is 1.24 bits per heavy atom. The van der Waals surface area contributed by atoms with E-state index in [2.05, 4.69) is 9.88 Å². The summed E-state index contributed by atoms with van der Waals surface area (Å²) in [5.41, 5.74) is 1.75. The molecule has 2 aliphatic rings. The fourth-order valence-electron chi connectivity index (χ4n) is 3.98. The zero-order valence-electron chi connectivity index (χ0n) is 16.7. The fourth-order valence-corrected chi connectivity index (χ4v) is 3.98. The minimum atomic E-state index is -0.515. The van der Waals surface area contributed by atoms with Crippen molar-refractivity contribution in [2.75, 3.05) is 32.7 Å². The first-order chi connectivity index (χ1) is 13.8. The van der Waals surface area contributed by atoms with E-state index in [9.17, 15) is 14.9 Å². The number of benzene rings is 1. The largest absolute Gasteiger partial charge is 0.436 e. The van der Waals surface area contributed by atoms with Gasteiger partial charge in [-0.15, -0.1) is 0 Å². The van der Waals surface area contributed by atoms with Crippen LogP contribution in [0.25, 0.3) is 0 Å². The second kappa shape index (κ2) is 7.47. The zero-order chi connectivity index (χ0) is 20.6. The number of carbonyl (C=O) groups excluding carboxylic acids is 1. The Kier molecular flexibility index (Phi) is 4.99. The van der Waals surface area contributed by atoms with Crippen molar-refractivity contribution < 1.29 is 14.5 Å². The number of amides is 1. The maximum Gasteiger partial charge on any atom is 0.415 e. The molecule has 2 aromatic rings. The summed E-state index contributed by atoms with van der Waals surface area (Å²) in [7, 11) is 0. The summed E-state index contributed by atoms with van der Waals surface area (Å²) in [6, 6.07) is 8.38. The molecule has 29 heavy (non-hydrogen) atoms. The van der Waals surface area contributed by atoms with E-state index >= 15 is 0 Å². The molecule has 0 N–H and O–H groups in total. The number of hydrogen-bond donors (Lipinski definition) is 0. The van der Waals surface area contributed by atoms with Gasteiger partial charge in [0.25, 0.3) is 0 Å². The number of imidazole rings is 1. The molecule has 1 unspecified atom stereocenters. The highest BCUT2D eigenvalue weighted by molar-refractivity contribution is 5.78. The molecule has 0 bridgehead atoms. The number of piperazine rings is 1. The zero-order valence-corrected chi connectivity index (χ0v) is 16.7. The van der Waals surface area contributed by atoms with E-state index in [1.807, 2.05) is 43.0 Å². The predicted octanol–water partition coefficient (Wildman–Crippen LogP) is 1.64. The molecule has 9 heteroatoms. The van der Waals surface area contributed by atoms with E-state index in [1.54, 1.807) is 4.57 Å². The topological polar surface area (TPSA) is 93.7 Å². The van der Waals surface area contributed by atoms with Crippen LogP contribution in [0.5, 0.6) is 6.01 Å². The Bertz CT molecular complexity index is 892. The van der Waals surface area contributed by atoms with Gasteiger partial charge in [-0.25, -0.2) is 0 Å². The third-order valence-electron chi connectivity index (χ3n) is 5.52. The Morgan fingerprint density at radius 3 is 2.55 bits per heavy atom. The average molecular weight is 399 g/mol. The Balaban J connectivity index is 1.27. The van der Waals surface area contributed by atoms with E-state index in [0.717, 1.165) is 18.7 Å². The molecule has 1 atom stereocenters. The van der Waals surface area contributed by atoms with E-state index in [4.69, 9.17) is 4.74 Å². The second-order valence-electron chi connectivity index (χ2n) is 8.14. The summed E-state index contributed by atoms with van der Waals surface area (Å²) in [5, 5.41) is 10.8. The monoisotopic (exact) mass is 399 g/mol. The molecule has 1 amide bonds. The lowest BCUT2D eigenvalue weighted by molar-refractivity contribution is -0.389. The van der Waals surface area contributed by atoms with Crippen molar-refractivity contribution in [3.05, 3.63) is 51.7 Å². The third-order valence-corrected chi connectivity index (χ3v) is 5.52. The van der Waals surface area contributed by atoms with Gasteiger partial charge in [0.15, 0.2) is 0 Å². The highest BCUT2D eigenvalue weighted by Crippen LogP contribution is 2.31. The average Bonchev–Trinajstić information content (AvgIpc) is 3.19. The van der Waals surface area contributed by atoms with Crippen LogP contribution < -0.4 is 4.74 Å². The summed E-state index contributed by atoms with van der Waals surface area (Å²) >= 11 is 0. The van der Waals surface area contributed by atoms with Crippen molar-refractivity contribution in [1.82, 2.24) is 19.4 Å². The van der Waals surface area contributed by atoms with Crippen molar-refractivity contribution in [3.63, 3.8) is 0 Å². The number of nitro groups is 1. The number of hydrogen-bond acceptors (Lipinski definition) is 6. The van der Waals surface area contributed by atoms with Gasteiger partial charge in [-0.3, -0.25) is 14.3 Å². The lowest BCUT2D eigenvalue weighted by Gasteiger charge is -2.38. The summed E-state index contributed by atoms with van der Waals surface area (Å²) in [6.07, 6.45) is 1.85. The van der Waals surface area contributed by atoms with Gasteiger partial charge in [0.05, 0.1) is 13.0 Å². The van der Waals surface area contributed by atoms with Crippen LogP contribution in [0.15, 0.2) is 30.5 Å². The van der Waals surface area contributed by atoms with Crippen molar-refractivity contribution >= 4 is 11.7 Å². The molecule has 0 spiro atoms. The smallest absolute Gasteiger partial charge is 0.415 e. The van der Waals surface area contributed by atoms with Gasteiger partial charge in [-0.2, -0.15) is 0 Å². The molecule has 154 valence electrons. The van der Waals surface area contributed by atoms with E-state index in [1.165, 1.54) is 11.8 Å². The highest BCUT2D eigenvalue weighted by atomic mass is 16.6. The van der Waals surface area contributed by atoms with Crippen molar-refractivity contribution in [1.29, 1.82) is 0 Å². The van der Waals surface area contributed by atoms with Gasteiger partial charge in [-0.05, 0) is 24.3 Å². The molecule has 3 heterocycles. The Hall–Kier alpha value is -2.94. The first kappa shape index (κ1) is 19.4. The Morgan fingerprint density at radius 2 is 1.93 bits per heavy atom. The molecular weight excluding hydrogens is 374 g/mol. The van der Waals surface area contributed by atoms with E-state index < -0.39 is 10.5 Å². The van der Waals surface area contributed by atoms with Crippen molar-refractivity contribution in [3.8, 4) is 6.01 Å². The molecule has 1 aromatic carbocycles. The molecule has 0 aliphatic carbocycles. The van der Waals surface area contributed by atoms with Crippen LogP contribution in [0.3, 0.4) is 0 Å². The number of ether oxygens (including phenoxy) is 1. The normalized spacial score (nSPS) is 21.7. The van der Waals surface area contributed by atoms with E-state index in [0.29, 0.717) is 38.6 Å². The van der Waals surface area contributed by atoms with Gasteiger partial charge in [0, 0.05) is 37.7 Å². The van der Waals surface area contributed by atoms with Crippen molar-refractivity contribution in [2.45, 2.75) is 32.4 Å². The second-order valence-corrected chi connectivity index (χ2v) is 8.14. The third kappa shape index (κ3) is 4.24. The minimum Gasteiger partial charge on any atom is -0.436 e. The fraction of sp³-hybridized carbons (Fsp3) is 0.500. The maximum absolute atomic E-state index is 12.6. The number of fused-ring (bicyclic) bond motifs is 1. The number of nitrogens with zero attached hydrogens (tertiary/aromatic N) is 5. The number of aromatic nitrogens is 2. The van der Waals surface area contributed by atoms with Crippen LogP contribution in [0.4, 0.5) is 5.82 Å². The van der Waals surface area contributed by atoms with Crippen LogP contribution in [-0.2, 0) is 17.8 Å². The molecule has 4 rings (SSSR count). The number of carbonyl (C=O) groups is 1. The summed E-state index contributed by atoms with van der Waals surface area (Å²) in [4.78, 5) is 31.0. The summed E-state index contributed by atoms with van der Waals surface area (Å²) in [6.45, 7) is 8.17. The van der Waals surface area contributed by atoms with Crippen LogP contribution in [0.1, 0.15) is 18.1 Å². The first-order valence-corrected chi connectivity index (χ1v) is 9.78. The van der Waals surface area contributed by atoms with Crippen molar-refractivity contribution in [2.24, 2.45) is 0 Å².